The first kappa shape index (κ1) is 21.4. The Morgan fingerprint density at radius 3 is 2.46 bits per heavy atom. The van der Waals surface area contributed by atoms with E-state index in [4.69, 9.17) is 4.74 Å². The Kier molecular flexibility index (Phi) is 8.01. The molecule has 0 atom stereocenters. The third-order valence-electron chi connectivity index (χ3n) is 3.72. The van der Waals surface area contributed by atoms with Crippen LogP contribution in [0.25, 0.3) is 0 Å². The fourth-order valence-electron chi connectivity index (χ4n) is 2.36. The van der Waals surface area contributed by atoms with Gasteiger partial charge in [-0.1, -0.05) is 36.4 Å². The number of hydrogen-bond acceptors (Lipinski definition) is 5. The highest BCUT2D eigenvalue weighted by molar-refractivity contribution is 7.90. The molecule has 0 aliphatic carbocycles. The first-order chi connectivity index (χ1) is 13.3. The van der Waals surface area contributed by atoms with Gasteiger partial charge in [0.2, 0.25) is 11.8 Å². The van der Waals surface area contributed by atoms with E-state index < -0.39 is 9.84 Å². The maximum absolute atomic E-state index is 12.0. The molecule has 0 aliphatic heterocycles. The minimum atomic E-state index is -3.09. The molecule has 0 bridgehead atoms. The first-order valence-corrected chi connectivity index (χ1v) is 10.9. The summed E-state index contributed by atoms with van der Waals surface area (Å²) in [6.07, 6.45) is 1.56. The summed E-state index contributed by atoms with van der Waals surface area (Å²) in [5, 5.41) is 5.44. The lowest BCUT2D eigenvalue weighted by molar-refractivity contribution is -0.120. The number of carbonyl (C=O) groups excluding carboxylic acids is 2. The van der Waals surface area contributed by atoms with Crippen molar-refractivity contribution in [2.75, 3.05) is 30.5 Å². The third kappa shape index (κ3) is 8.68. The number of benzene rings is 2. The van der Waals surface area contributed by atoms with E-state index in [2.05, 4.69) is 10.6 Å². The Hall–Kier alpha value is -2.87. The molecular weight excluding hydrogens is 380 g/mol. The van der Waals surface area contributed by atoms with Crippen LogP contribution in [0.5, 0.6) is 5.75 Å². The van der Waals surface area contributed by atoms with Gasteiger partial charge in [0.25, 0.3) is 0 Å². The fourth-order valence-corrected chi connectivity index (χ4v) is 2.74. The molecular formula is C20H24N2O5S. The molecule has 0 spiro atoms. The molecule has 0 unspecified atom stereocenters. The minimum absolute atomic E-state index is 0.0453. The number of rotatable bonds is 10. The van der Waals surface area contributed by atoms with Crippen molar-refractivity contribution in [2.24, 2.45) is 0 Å². The van der Waals surface area contributed by atoms with Crippen molar-refractivity contribution < 1.29 is 22.7 Å². The predicted molar refractivity (Wildman–Crippen MR) is 108 cm³/mol. The summed E-state index contributed by atoms with van der Waals surface area (Å²) in [7, 11) is -3.09. The highest BCUT2D eigenvalue weighted by atomic mass is 32.2. The summed E-state index contributed by atoms with van der Waals surface area (Å²) in [6, 6.07) is 16.1. The first-order valence-electron chi connectivity index (χ1n) is 8.83. The van der Waals surface area contributed by atoms with E-state index in [0.29, 0.717) is 11.4 Å². The fraction of sp³-hybridized carbons (Fsp3) is 0.300. The number of carbonyl (C=O) groups is 2. The van der Waals surface area contributed by atoms with Gasteiger partial charge in [-0.3, -0.25) is 9.59 Å². The molecule has 0 radical (unpaired) electrons. The van der Waals surface area contributed by atoms with Crippen LogP contribution in [0.2, 0.25) is 0 Å². The molecule has 7 nitrogen and oxygen atoms in total. The molecule has 2 aromatic carbocycles. The van der Waals surface area contributed by atoms with Gasteiger partial charge < -0.3 is 15.4 Å². The Morgan fingerprint density at radius 2 is 1.75 bits per heavy atom. The van der Waals surface area contributed by atoms with E-state index in [1.165, 1.54) is 0 Å². The zero-order chi connectivity index (χ0) is 20.4. The number of amides is 2. The molecule has 0 heterocycles. The highest BCUT2D eigenvalue weighted by Crippen LogP contribution is 2.17. The van der Waals surface area contributed by atoms with Crippen LogP contribution in [-0.4, -0.2) is 45.4 Å². The van der Waals surface area contributed by atoms with E-state index >= 15 is 0 Å². The molecule has 0 saturated carbocycles. The summed E-state index contributed by atoms with van der Waals surface area (Å²) < 4.78 is 27.6. The molecule has 0 saturated heterocycles. The Bertz CT molecular complexity index is 898. The smallest absolute Gasteiger partial charge is 0.226 e. The average Bonchev–Trinajstić information content (AvgIpc) is 2.62. The number of hydrogen-bond donors (Lipinski definition) is 2. The highest BCUT2D eigenvalue weighted by Gasteiger charge is 2.07. The Balaban J connectivity index is 1.72. The molecule has 0 aromatic heterocycles. The Labute approximate surface area is 165 Å². The maximum atomic E-state index is 12.0. The molecule has 150 valence electrons. The minimum Gasteiger partial charge on any atom is -0.492 e. The van der Waals surface area contributed by atoms with Gasteiger partial charge in [0.15, 0.2) is 9.84 Å². The van der Waals surface area contributed by atoms with Crippen molar-refractivity contribution in [2.45, 2.75) is 12.8 Å². The van der Waals surface area contributed by atoms with Gasteiger partial charge >= 0.3 is 0 Å². The Morgan fingerprint density at radius 1 is 1.00 bits per heavy atom. The van der Waals surface area contributed by atoms with Crippen molar-refractivity contribution in [1.29, 1.82) is 0 Å². The van der Waals surface area contributed by atoms with Crippen LogP contribution in [0.15, 0.2) is 54.6 Å². The summed E-state index contributed by atoms with van der Waals surface area (Å²) in [6.45, 7) is 0.283. The lowest BCUT2D eigenvalue weighted by Gasteiger charge is -2.09. The van der Waals surface area contributed by atoms with Crippen molar-refractivity contribution in [1.82, 2.24) is 5.32 Å². The van der Waals surface area contributed by atoms with Crippen LogP contribution in [-0.2, 0) is 25.8 Å². The summed E-state index contributed by atoms with van der Waals surface area (Å²) >= 11 is 0. The second-order valence-electron chi connectivity index (χ2n) is 6.32. The normalized spacial score (nSPS) is 10.9. The van der Waals surface area contributed by atoms with Crippen LogP contribution in [0.3, 0.4) is 0 Å². The second kappa shape index (κ2) is 10.5. The van der Waals surface area contributed by atoms with Crippen molar-refractivity contribution in [3.05, 3.63) is 60.2 Å². The van der Waals surface area contributed by atoms with Crippen LogP contribution in [0, 0.1) is 0 Å². The average molecular weight is 404 g/mol. The second-order valence-corrected chi connectivity index (χ2v) is 8.58. The molecule has 2 amide bonds. The van der Waals surface area contributed by atoms with E-state index in [1.54, 1.807) is 24.3 Å². The van der Waals surface area contributed by atoms with Gasteiger partial charge in [-0.2, -0.15) is 0 Å². The van der Waals surface area contributed by atoms with Crippen molar-refractivity contribution in [3.63, 3.8) is 0 Å². The van der Waals surface area contributed by atoms with Crippen LogP contribution in [0.4, 0.5) is 5.69 Å². The monoisotopic (exact) mass is 404 g/mol. The molecule has 0 aliphatic rings. The summed E-state index contributed by atoms with van der Waals surface area (Å²) in [5.74, 6) is 0.0119. The van der Waals surface area contributed by atoms with Crippen molar-refractivity contribution in [3.8, 4) is 5.75 Å². The maximum Gasteiger partial charge on any atom is 0.226 e. The SMILES string of the molecule is CS(=O)(=O)CCOc1cccc(NC(=O)CCNC(=O)Cc2ccccc2)c1. The van der Waals surface area contributed by atoms with Crippen LogP contribution in [0.1, 0.15) is 12.0 Å². The van der Waals surface area contributed by atoms with E-state index in [9.17, 15) is 18.0 Å². The number of anilines is 1. The van der Waals surface area contributed by atoms with Gasteiger partial charge in [0.1, 0.15) is 12.4 Å². The van der Waals surface area contributed by atoms with Gasteiger partial charge in [-0.25, -0.2) is 8.42 Å². The number of nitrogens with one attached hydrogen (secondary N) is 2. The third-order valence-corrected chi connectivity index (χ3v) is 4.63. The van der Waals surface area contributed by atoms with Crippen LogP contribution >= 0.6 is 0 Å². The quantitative estimate of drug-likeness (QED) is 0.629. The molecule has 8 heteroatoms. The van der Waals surface area contributed by atoms with Crippen molar-refractivity contribution >= 4 is 27.3 Å². The van der Waals surface area contributed by atoms with Gasteiger partial charge in [-0.05, 0) is 17.7 Å². The van der Waals surface area contributed by atoms with Gasteiger partial charge in [0.05, 0.1) is 12.2 Å². The lowest BCUT2D eigenvalue weighted by atomic mass is 10.1. The largest absolute Gasteiger partial charge is 0.492 e. The summed E-state index contributed by atoms with van der Waals surface area (Å²) in [5.41, 5.74) is 1.45. The molecule has 28 heavy (non-hydrogen) atoms. The molecule has 2 aromatic rings. The van der Waals surface area contributed by atoms with Gasteiger partial charge in [-0.15, -0.1) is 0 Å². The zero-order valence-electron chi connectivity index (χ0n) is 15.7. The molecule has 0 fully saturated rings. The standard InChI is InChI=1S/C20H24N2O5S/c1-28(25,26)13-12-27-18-9-5-8-17(15-18)22-19(23)10-11-21-20(24)14-16-6-3-2-4-7-16/h2-9,15H,10-14H2,1H3,(H,21,24)(H,22,23). The predicted octanol–water partition coefficient (Wildman–Crippen LogP) is 1.80. The number of sulfone groups is 1. The topological polar surface area (TPSA) is 102 Å². The van der Waals surface area contributed by atoms with Crippen LogP contribution < -0.4 is 15.4 Å². The summed E-state index contributed by atoms with van der Waals surface area (Å²) in [4.78, 5) is 23.9. The van der Waals surface area contributed by atoms with Gasteiger partial charge in [0, 0.05) is 31.0 Å². The molecule has 2 rings (SSSR count). The van der Waals surface area contributed by atoms with E-state index in [0.717, 1.165) is 11.8 Å². The number of ether oxygens (including phenoxy) is 1. The lowest BCUT2D eigenvalue weighted by Crippen LogP contribution is -2.28. The molecule has 2 N–H and O–H groups in total. The van der Waals surface area contributed by atoms with E-state index in [1.807, 2.05) is 30.3 Å². The van der Waals surface area contributed by atoms with E-state index in [-0.39, 0.29) is 43.6 Å². The zero-order valence-corrected chi connectivity index (χ0v) is 16.5.